The van der Waals surface area contributed by atoms with Crippen LogP contribution in [0.15, 0.2) is 16.0 Å². The molecule has 0 radical (unpaired) electrons. The Kier molecular flexibility index (Phi) is 3.54. The van der Waals surface area contributed by atoms with E-state index in [1.165, 1.54) is 11.8 Å². The van der Waals surface area contributed by atoms with Gasteiger partial charge in [-0.1, -0.05) is 25.1 Å². The Labute approximate surface area is 82.2 Å². The summed E-state index contributed by atoms with van der Waals surface area (Å²) >= 11 is 1.50. The third-order valence-electron chi connectivity index (χ3n) is 1.84. The van der Waals surface area contributed by atoms with Crippen molar-refractivity contribution >= 4 is 11.8 Å². The van der Waals surface area contributed by atoms with Gasteiger partial charge in [-0.05, 0) is 12.7 Å². The minimum absolute atomic E-state index is 0.0304. The van der Waals surface area contributed by atoms with E-state index < -0.39 is 0 Å². The molecule has 0 saturated heterocycles. The summed E-state index contributed by atoms with van der Waals surface area (Å²) in [5.41, 5.74) is 0.928. The predicted molar refractivity (Wildman–Crippen MR) is 55.3 cm³/mol. The molecular formula is C9H14N2OS. The van der Waals surface area contributed by atoms with Gasteiger partial charge in [-0.25, -0.2) is 4.98 Å². The van der Waals surface area contributed by atoms with Crippen LogP contribution in [-0.2, 0) is 13.5 Å². The standard InChI is InChI=1S/C9H14N2OS/c1-4-5-7-6-8(12)11(2)9(10-7)13-3/h6H,4-5H2,1-3H3. The highest BCUT2D eigenvalue weighted by atomic mass is 32.2. The average Bonchev–Trinajstić information content (AvgIpc) is 2.11. The Morgan fingerprint density at radius 1 is 1.62 bits per heavy atom. The number of aryl methyl sites for hydroxylation is 1. The van der Waals surface area contributed by atoms with Gasteiger partial charge in [0.2, 0.25) is 0 Å². The van der Waals surface area contributed by atoms with Crippen LogP contribution in [0.3, 0.4) is 0 Å². The smallest absolute Gasteiger partial charge is 0.254 e. The molecule has 0 atom stereocenters. The first kappa shape index (κ1) is 10.3. The van der Waals surface area contributed by atoms with Gasteiger partial charge in [0.15, 0.2) is 5.16 Å². The zero-order valence-corrected chi connectivity index (χ0v) is 9.02. The predicted octanol–water partition coefficient (Wildman–Crippen LogP) is 1.45. The second-order valence-electron chi connectivity index (χ2n) is 2.88. The fourth-order valence-electron chi connectivity index (χ4n) is 1.13. The highest BCUT2D eigenvalue weighted by molar-refractivity contribution is 7.98. The number of hydrogen-bond acceptors (Lipinski definition) is 3. The Bertz CT molecular complexity index is 346. The molecule has 0 aliphatic rings. The number of aromatic nitrogens is 2. The maximum absolute atomic E-state index is 11.4. The van der Waals surface area contributed by atoms with Crippen molar-refractivity contribution < 1.29 is 0 Å². The first-order valence-corrected chi connectivity index (χ1v) is 5.52. The van der Waals surface area contributed by atoms with E-state index in [-0.39, 0.29) is 5.56 Å². The number of hydrogen-bond donors (Lipinski definition) is 0. The summed E-state index contributed by atoms with van der Waals surface area (Å²) in [5.74, 6) is 0. The van der Waals surface area contributed by atoms with Gasteiger partial charge >= 0.3 is 0 Å². The molecule has 0 amide bonds. The van der Waals surface area contributed by atoms with Crippen LogP contribution in [-0.4, -0.2) is 15.8 Å². The molecule has 1 rings (SSSR count). The number of thioether (sulfide) groups is 1. The first-order valence-electron chi connectivity index (χ1n) is 4.30. The van der Waals surface area contributed by atoms with Crippen molar-refractivity contribution in [3.05, 3.63) is 22.1 Å². The largest absolute Gasteiger partial charge is 0.291 e. The summed E-state index contributed by atoms with van der Waals surface area (Å²) in [5, 5.41) is 0.788. The second kappa shape index (κ2) is 4.46. The van der Waals surface area contributed by atoms with Crippen LogP contribution >= 0.6 is 11.8 Å². The molecule has 0 N–H and O–H groups in total. The SMILES string of the molecule is CCCc1cc(=O)n(C)c(SC)n1. The second-order valence-corrected chi connectivity index (χ2v) is 3.65. The van der Waals surface area contributed by atoms with Crippen LogP contribution in [0, 0.1) is 0 Å². The molecule has 0 saturated carbocycles. The van der Waals surface area contributed by atoms with Gasteiger partial charge in [0.1, 0.15) is 0 Å². The van der Waals surface area contributed by atoms with Crippen molar-refractivity contribution in [2.45, 2.75) is 24.9 Å². The van der Waals surface area contributed by atoms with Crippen molar-refractivity contribution in [2.75, 3.05) is 6.26 Å². The zero-order chi connectivity index (χ0) is 9.84. The third kappa shape index (κ3) is 2.34. The minimum atomic E-state index is 0.0304. The molecule has 0 aliphatic heterocycles. The molecule has 1 heterocycles. The van der Waals surface area contributed by atoms with Crippen LogP contribution in [0.5, 0.6) is 0 Å². The van der Waals surface area contributed by atoms with Gasteiger partial charge in [-0.15, -0.1) is 0 Å². The summed E-state index contributed by atoms with van der Waals surface area (Å²) < 4.78 is 1.57. The monoisotopic (exact) mass is 198 g/mol. The molecule has 72 valence electrons. The highest BCUT2D eigenvalue weighted by Gasteiger charge is 2.03. The fraction of sp³-hybridized carbons (Fsp3) is 0.556. The molecule has 0 aliphatic carbocycles. The fourth-order valence-corrected chi connectivity index (χ4v) is 1.70. The van der Waals surface area contributed by atoms with Gasteiger partial charge in [-0.2, -0.15) is 0 Å². The normalized spacial score (nSPS) is 10.4. The first-order chi connectivity index (χ1) is 6.19. The van der Waals surface area contributed by atoms with Crippen LogP contribution in [0.2, 0.25) is 0 Å². The molecule has 1 aromatic rings. The van der Waals surface area contributed by atoms with Crippen molar-refractivity contribution in [1.29, 1.82) is 0 Å². The lowest BCUT2D eigenvalue weighted by Gasteiger charge is -2.05. The van der Waals surface area contributed by atoms with Gasteiger partial charge in [0, 0.05) is 18.8 Å². The summed E-state index contributed by atoms with van der Waals surface area (Å²) in [7, 11) is 1.75. The van der Waals surface area contributed by atoms with Crippen LogP contribution in [0.1, 0.15) is 19.0 Å². The maximum atomic E-state index is 11.4. The molecule has 0 spiro atoms. The lowest BCUT2D eigenvalue weighted by molar-refractivity contribution is 0.684. The molecule has 3 nitrogen and oxygen atoms in total. The maximum Gasteiger partial charge on any atom is 0.254 e. The van der Waals surface area contributed by atoms with Crippen molar-refractivity contribution in [3.8, 4) is 0 Å². The van der Waals surface area contributed by atoms with Gasteiger partial charge in [0.25, 0.3) is 5.56 Å². The quantitative estimate of drug-likeness (QED) is 0.544. The Morgan fingerprint density at radius 3 is 2.85 bits per heavy atom. The number of nitrogens with zero attached hydrogens (tertiary/aromatic N) is 2. The zero-order valence-electron chi connectivity index (χ0n) is 8.20. The van der Waals surface area contributed by atoms with E-state index in [1.807, 2.05) is 6.26 Å². The molecule has 0 unspecified atom stereocenters. The van der Waals surface area contributed by atoms with E-state index in [0.717, 1.165) is 23.7 Å². The molecular weight excluding hydrogens is 184 g/mol. The van der Waals surface area contributed by atoms with Crippen molar-refractivity contribution in [1.82, 2.24) is 9.55 Å². The molecule has 1 aromatic heterocycles. The Balaban J connectivity index is 3.14. The minimum Gasteiger partial charge on any atom is -0.291 e. The third-order valence-corrected chi connectivity index (χ3v) is 2.57. The summed E-state index contributed by atoms with van der Waals surface area (Å²) in [6, 6.07) is 1.61. The van der Waals surface area contributed by atoms with E-state index in [0.29, 0.717) is 0 Å². The Hall–Kier alpha value is -0.770. The summed E-state index contributed by atoms with van der Waals surface area (Å²) in [4.78, 5) is 15.8. The van der Waals surface area contributed by atoms with E-state index in [9.17, 15) is 4.79 Å². The number of rotatable bonds is 3. The van der Waals surface area contributed by atoms with E-state index in [1.54, 1.807) is 17.7 Å². The molecule has 4 heteroatoms. The van der Waals surface area contributed by atoms with Gasteiger partial charge in [0.05, 0.1) is 0 Å². The van der Waals surface area contributed by atoms with Gasteiger partial charge < -0.3 is 0 Å². The van der Waals surface area contributed by atoms with Crippen molar-refractivity contribution in [3.63, 3.8) is 0 Å². The van der Waals surface area contributed by atoms with Crippen LogP contribution in [0.25, 0.3) is 0 Å². The van der Waals surface area contributed by atoms with Crippen LogP contribution < -0.4 is 5.56 Å². The van der Waals surface area contributed by atoms with Crippen molar-refractivity contribution in [2.24, 2.45) is 7.05 Å². The topological polar surface area (TPSA) is 34.9 Å². The molecule has 13 heavy (non-hydrogen) atoms. The summed E-state index contributed by atoms with van der Waals surface area (Å²) in [6.07, 6.45) is 3.83. The molecule has 0 aromatic carbocycles. The Morgan fingerprint density at radius 2 is 2.31 bits per heavy atom. The lowest BCUT2D eigenvalue weighted by atomic mass is 10.2. The highest BCUT2D eigenvalue weighted by Crippen LogP contribution is 2.09. The van der Waals surface area contributed by atoms with Gasteiger partial charge in [-0.3, -0.25) is 9.36 Å². The van der Waals surface area contributed by atoms with E-state index >= 15 is 0 Å². The summed E-state index contributed by atoms with van der Waals surface area (Å²) in [6.45, 7) is 2.08. The van der Waals surface area contributed by atoms with E-state index in [2.05, 4.69) is 11.9 Å². The van der Waals surface area contributed by atoms with E-state index in [4.69, 9.17) is 0 Å². The molecule has 0 bridgehead atoms. The van der Waals surface area contributed by atoms with Crippen LogP contribution in [0.4, 0.5) is 0 Å². The molecule has 0 fully saturated rings. The average molecular weight is 198 g/mol. The lowest BCUT2D eigenvalue weighted by Crippen LogP contribution is -2.20.